The molecule has 1 heterocycles. The molecule has 0 radical (unpaired) electrons. The number of nitrogens with zero attached hydrogens (tertiary/aromatic N) is 1. The lowest BCUT2D eigenvalue weighted by Gasteiger charge is -2.42. The molecule has 6 nitrogen and oxygen atoms in total. The molecule has 2 rings (SSSR count). The standard InChI is InChI=1S/C15H26N2O4/c18-13(19)6-5-9-16-14(20)17-10-11-21-15(12-17)7-3-1-2-4-8-15/h1-12H2,(H,16,20)(H,18,19). The van der Waals surface area contributed by atoms with E-state index in [9.17, 15) is 9.59 Å². The maximum atomic E-state index is 12.2. The highest BCUT2D eigenvalue weighted by molar-refractivity contribution is 5.74. The molecular formula is C15H26N2O4. The van der Waals surface area contributed by atoms with Crippen molar-refractivity contribution in [1.82, 2.24) is 10.2 Å². The number of carbonyl (C=O) groups is 2. The van der Waals surface area contributed by atoms with Gasteiger partial charge in [-0.2, -0.15) is 0 Å². The molecule has 2 amide bonds. The third-order valence-corrected chi connectivity index (χ3v) is 4.39. The lowest BCUT2D eigenvalue weighted by atomic mass is 9.92. The topological polar surface area (TPSA) is 78.9 Å². The van der Waals surface area contributed by atoms with Crippen LogP contribution in [-0.4, -0.2) is 53.8 Å². The van der Waals surface area contributed by atoms with Crippen LogP contribution in [0.3, 0.4) is 0 Å². The van der Waals surface area contributed by atoms with Gasteiger partial charge in [0.2, 0.25) is 0 Å². The molecule has 1 saturated heterocycles. The third-order valence-electron chi connectivity index (χ3n) is 4.39. The smallest absolute Gasteiger partial charge is 0.317 e. The van der Waals surface area contributed by atoms with Crippen LogP contribution in [0.15, 0.2) is 0 Å². The number of ether oxygens (including phenoxy) is 1. The average molecular weight is 298 g/mol. The van der Waals surface area contributed by atoms with Gasteiger partial charge in [-0.15, -0.1) is 0 Å². The van der Waals surface area contributed by atoms with Crippen molar-refractivity contribution < 1.29 is 19.4 Å². The Kier molecular flexibility index (Phi) is 5.85. The second-order valence-corrected chi connectivity index (χ2v) is 6.10. The number of aliphatic carboxylic acids is 1. The van der Waals surface area contributed by atoms with Crippen molar-refractivity contribution in [3.63, 3.8) is 0 Å². The summed E-state index contributed by atoms with van der Waals surface area (Å²) >= 11 is 0. The first kappa shape index (κ1) is 16.1. The van der Waals surface area contributed by atoms with Gasteiger partial charge in [-0.3, -0.25) is 4.79 Å². The van der Waals surface area contributed by atoms with Crippen molar-refractivity contribution in [2.45, 2.75) is 57.0 Å². The van der Waals surface area contributed by atoms with E-state index < -0.39 is 5.97 Å². The summed E-state index contributed by atoms with van der Waals surface area (Å²) in [7, 11) is 0. The van der Waals surface area contributed by atoms with Crippen LogP contribution < -0.4 is 5.32 Å². The highest BCUT2D eigenvalue weighted by Gasteiger charge is 2.38. The molecule has 1 saturated carbocycles. The zero-order valence-electron chi connectivity index (χ0n) is 12.6. The third kappa shape index (κ3) is 4.88. The average Bonchev–Trinajstić information content (AvgIpc) is 2.69. The Morgan fingerprint density at radius 3 is 2.57 bits per heavy atom. The highest BCUT2D eigenvalue weighted by atomic mass is 16.5. The number of hydrogen-bond acceptors (Lipinski definition) is 3. The number of carboxylic acids is 1. The van der Waals surface area contributed by atoms with E-state index in [0.29, 0.717) is 32.7 Å². The van der Waals surface area contributed by atoms with Crippen molar-refractivity contribution in [3.05, 3.63) is 0 Å². The van der Waals surface area contributed by atoms with Crippen molar-refractivity contribution in [3.8, 4) is 0 Å². The second kappa shape index (κ2) is 7.64. The van der Waals surface area contributed by atoms with E-state index in [4.69, 9.17) is 9.84 Å². The molecule has 0 bridgehead atoms. The number of hydrogen-bond donors (Lipinski definition) is 2. The molecule has 1 aliphatic heterocycles. The second-order valence-electron chi connectivity index (χ2n) is 6.10. The Balaban J connectivity index is 1.79. The minimum Gasteiger partial charge on any atom is -0.481 e. The van der Waals surface area contributed by atoms with Crippen LogP contribution in [0.2, 0.25) is 0 Å². The summed E-state index contributed by atoms with van der Waals surface area (Å²) in [6, 6.07) is -0.0905. The molecule has 1 aliphatic carbocycles. The van der Waals surface area contributed by atoms with E-state index in [1.165, 1.54) is 25.7 Å². The molecule has 0 aromatic rings. The predicted octanol–water partition coefficient (Wildman–Crippen LogP) is 1.99. The molecule has 2 fully saturated rings. The molecular weight excluding hydrogens is 272 g/mol. The van der Waals surface area contributed by atoms with Gasteiger partial charge in [-0.25, -0.2) is 4.79 Å². The first-order valence-electron chi connectivity index (χ1n) is 8.00. The zero-order valence-corrected chi connectivity index (χ0v) is 12.6. The van der Waals surface area contributed by atoms with Gasteiger partial charge in [0.15, 0.2) is 0 Å². The Hall–Kier alpha value is -1.30. The van der Waals surface area contributed by atoms with E-state index in [1.54, 1.807) is 0 Å². The summed E-state index contributed by atoms with van der Waals surface area (Å²) in [5.74, 6) is -0.826. The fourth-order valence-electron chi connectivity index (χ4n) is 3.24. The van der Waals surface area contributed by atoms with Crippen molar-refractivity contribution in [1.29, 1.82) is 0 Å². The monoisotopic (exact) mass is 298 g/mol. The summed E-state index contributed by atoms with van der Waals surface area (Å²) in [5.41, 5.74) is -0.146. The maximum absolute atomic E-state index is 12.2. The predicted molar refractivity (Wildman–Crippen MR) is 78.2 cm³/mol. The quantitative estimate of drug-likeness (QED) is 0.778. The first-order chi connectivity index (χ1) is 10.1. The van der Waals surface area contributed by atoms with Crippen LogP contribution in [-0.2, 0) is 9.53 Å². The molecule has 2 N–H and O–H groups in total. The molecule has 0 aromatic heterocycles. The van der Waals surface area contributed by atoms with Crippen LogP contribution in [0, 0.1) is 0 Å². The van der Waals surface area contributed by atoms with Crippen LogP contribution in [0.25, 0.3) is 0 Å². The minimum atomic E-state index is -0.826. The van der Waals surface area contributed by atoms with Crippen LogP contribution in [0.5, 0.6) is 0 Å². The fourth-order valence-corrected chi connectivity index (χ4v) is 3.24. The lowest BCUT2D eigenvalue weighted by Crippen LogP contribution is -2.55. The molecule has 0 aromatic carbocycles. The zero-order chi connectivity index (χ0) is 15.1. The maximum Gasteiger partial charge on any atom is 0.317 e. The number of amides is 2. The minimum absolute atomic E-state index is 0.0905. The molecule has 1 spiro atoms. The number of carboxylic acid groups (broad SMARTS) is 1. The van der Waals surface area contributed by atoms with Crippen molar-refractivity contribution in [2.24, 2.45) is 0 Å². The molecule has 0 unspecified atom stereocenters. The molecule has 6 heteroatoms. The van der Waals surface area contributed by atoms with E-state index in [2.05, 4.69) is 5.32 Å². The molecule has 21 heavy (non-hydrogen) atoms. The van der Waals surface area contributed by atoms with Gasteiger partial charge in [0.05, 0.1) is 18.8 Å². The Morgan fingerprint density at radius 2 is 1.90 bits per heavy atom. The summed E-state index contributed by atoms with van der Waals surface area (Å²) < 4.78 is 6.02. The van der Waals surface area contributed by atoms with Crippen LogP contribution >= 0.6 is 0 Å². The summed E-state index contributed by atoms with van der Waals surface area (Å²) in [5, 5.41) is 11.4. The Morgan fingerprint density at radius 1 is 1.19 bits per heavy atom. The van der Waals surface area contributed by atoms with Crippen molar-refractivity contribution in [2.75, 3.05) is 26.2 Å². The number of rotatable bonds is 4. The number of morpholine rings is 1. The summed E-state index contributed by atoms with van der Waals surface area (Å²) in [6.07, 6.45) is 7.50. The van der Waals surface area contributed by atoms with E-state index in [1.807, 2.05) is 4.90 Å². The number of nitrogens with one attached hydrogen (secondary N) is 1. The fraction of sp³-hybridized carbons (Fsp3) is 0.867. The van der Waals surface area contributed by atoms with Gasteiger partial charge in [-0.05, 0) is 19.3 Å². The van der Waals surface area contributed by atoms with E-state index in [-0.39, 0.29) is 18.1 Å². The molecule has 0 atom stereocenters. The van der Waals surface area contributed by atoms with Gasteiger partial charge in [-0.1, -0.05) is 25.7 Å². The summed E-state index contributed by atoms with van der Waals surface area (Å²) in [4.78, 5) is 24.4. The van der Waals surface area contributed by atoms with Gasteiger partial charge < -0.3 is 20.1 Å². The normalized spacial score (nSPS) is 21.8. The largest absolute Gasteiger partial charge is 0.481 e. The van der Waals surface area contributed by atoms with Gasteiger partial charge in [0, 0.05) is 19.5 Å². The number of carbonyl (C=O) groups excluding carboxylic acids is 1. The highest BCUT2D eigenvalue weighted by Crippen LogP contribution is 2.33. The molecule has 2 aliphatic rings. The number of urea groups is 1. The lowest BCUT2D eigenvalue weighted by molar-refractivity contribution is -0.137. The molecule has 120 valence electrons. The van der Waals surface area contributed by atoms with Crippen LogP contribution in [0.4, 0.5) is 4.79 Å². The van der Waals surface area contributed by atoms with E-state index in [0.717, 1.165) is 12.8 Å². The SMILES string of the molecule is O=C(O)CCCNC(=O)N1CCOC2(CCCCCC2)C1. The van der Waals surface area contributed by atoms with Crippen LogP contribution in [0.1, 0.15) is 51.4 Å². The van der Waals surface area contributed by atoms with Crippen molar-refractivity contribution >= 4 is 12.0 Å². The summed E-state index contributed by atoms with van der Waals surface area (Å²) in [6.45, 7) is 2.29. The Bertz CT molecular complexity index is 365. The van der Waals surface area contributed by atoms with Gasteiger partial charge in [0.25, 0.3) is 0 Å². The van der Waals surface area contributed by atoms with Gasteiger partial charge >= 0.3 is 12.0 Å². The van der Waals surface area contributed by atoms with Gasteiger partial charge in [0.1, 0.15) is 0 Å². The van der Waals surface area contributed by atoms with E-state index >= 15 is 0 Å². The Labute approximate surface area is 125 Å². The first-order valence-corrected chi connectivity index (χ1v) is 8.00.